The molecular formula is C18H25F3N4O5. The number of aliphatic carboxylic acids is 1. The second kappa shape index (κ2) is 11.3. The van der Waals surface area contributed by atoms with E-state index in [1.165, 1.54) is 12.1 Å². The highest BCUT2D eigenvalue weighted by atomic mass is 19.4. The van der Waals surface area contributed by atoms with Crippen molar-refractivity contribution in [2.24, 2.45) is 5.92 Å². The Morgan fingerprint density at radius 2 is 1.73 bits per heavy atom. The molecule has 0 unspecified atom stereocenters. The van der Waals surface area contributed by atoms with Crippen LogP contribution in [0.15, 0.2) is 24.3 Å². The normalized spacial score (nSPS) is 14.7. The third-order valence-electron chi connectivity index (χ3n) is 4.39. The highest BCUT2D eigenvalue weighted by Crippen LogP contribution is 2.25. The summed E-state index contributed by atoms with van der Waals surface area (Å²) in [5.41, 5.74) is 1.07. The van der Waals surface area contributed by atoms with Gasteiger partial charge in [-0.1, -0.05) is 0 Å². The molecule has 0 aromatic heterocycles. The van der Waals surface area contributed by atoms with Crippen molar-refractivity contribution in [3.8, 4) is 0 Å². The van der Waals surface area contributed by atoms with Gasteiger partial charge in [0, 0.05) is 49.9 Å². The summed E-state index contributed by atoms with van der Waals surface area (Å²) >= 11 is 0. The fourth-order valence-corrected chi connectivity index (χ4v) is 2.73. The highest BCUT2D eigenvalue weighted by molar-refractivity contribution is 5.79. The molecular weight excluding hydrogens is 409 g/mol. The van der Waals surface area contributed by atoms with Crippen LogP contribution in [-0.2, 0) is 9.59 Å². The second-order valence-corrected chi connectivity index (χ2v) is 6.93. The van der Waals surface area contributed by atoms with Crippen LogP contribution in [0.1, 0.15) is 12.8 Å². The molecule has 1 aliphatic rings. The number of halogens is 3. The molecule has 12 heteroatoms. The first kappa shape index (κ1) is 25.1. The number of benzene rings is 1. The number of amides is 1. The molecule has 0 saturated carbocycles. The Morgan fingerprint density at radius 1 is 1.23 bits per heavy atom. The molecule has 9 nitrogen and oxygen atoms in total. The number of nitro groups is 1. The van der Waals surface area contributed by atoms with Crippen LogP contribution in [0, 0.1) is 16.0 Å². The maximum Gasteiger partial charge on any atom is 0.490 e. The van der Waals surface area contributed by atoms with E-state index in [0.29, 0.717) is 6.54 Å². The van der Waals surface area contributed by atoms with Gasteiger partial charge in [-0.15, -0.1) is 0 Å². The molecule has 1 aromatic carbocycles. The Labute approximate surface area is 171 Å². The lowest BCUT2D eigenvalue weighted by Crippen LogP contribution is -2.42. The van der Waals surface area contributed by atoms with Gasteiger partial charge in [0.25, 0.3) is 5.69 Å². The molecule has 1 heterocycles. The van der Waals surface area contributed by atoms with E-state index in [0.717, 1.165) is 38.2 Å². The van der Waals surface area contributed by atoms with Crippen LogP contribution >= 0.6 is 0 Å². The summed E-state index contributed by atoms with van der Waals surface area (Å²) in [7, 11) is 3.96. The van der Waals surface area contributed by atoms with Gasteiger partial charge in [-0.25, -0.2) is 4.79 Å². The minimum absolute atomic E-state index is 0.0615. The summed E-state index contributed by atoms with van der Waals surface area (Å²) in [6.07, 6.45) is -3.46. The predicted octanol–water partition coefficient (Wildman–Crippen LogP) is 2.12. The lowest BCUT2D eigenvalue weighted by Gasteiger charge is -2.33. The summed E-state index contributed by atoms with van der Waals surface area (Å²) < 4.78 is 31.7. The first-order chi connectivity index (χ1) is 13.9. The Hall–Kier alpha value is -2.89. The van der Waals surface area contributed by atoms with Crippen LogP contribution in [0.4, 0.5) is 24.5 Å². The highest BCUT2D eigenvalue weighted by Gasteiger charge is 2.38. The number of alkyl halides is 3. The number of carboxylic acids is 1. The van der Waals surface area contributed by atoms with Gasteiger partial charge in [0.1, 0.15) is 0 Å². The van der Waals surface area contributed by atoms with Gasteiger partial charge in [0.15, 0.2) is 0 Å². The second-order valence-electron chi connectivity index (χ2n) is 6.93. The number of hydrogen-bond acceptors (Lipinski definition) is 6. The smallest absolute Gasteiger partial charge is 0.475 e. The maximum absolute atomic E-state index is 12.1. The minimum Gasteiger partial charge on any atom is -0.475 e. The Bertz CT molecular complexity index is 718. The third-order valence-corrected chi connectivity index (χ3v) is 4.39. The van der Waals surface area contributed by atoms with Crippen molar-refractivity contribution in [2.75, 3.05) is 45.2 Å². The van der Waals surface area contributed by atoms with E-state index in [4.69, 9.17) is 9.90 Å². The summed E-state index contributed by atoms with van der Waals surface area (Å²) in [6, 6.07) is 6.59. The van der Waals surface area contributed by atoms with Crippen LogP contribution < -0.4 is 10.2 Å². The quantitative estimate of drug-likeness (QED) is 0.520. The number of likely N-dealkylation sites (N-methyl/N-ethyl adjacent to an activating group) is 1. The number of carboxylic acid groups (broad SMARTS) is 1. The number of nitro benzene ring substituents is 1. The van der Waals surface area contributed by atoms with Gasteiger partial charge in [0.2, 0.25) is 5.91 Å². The first-order valence-corrected chi connectivity index (χ1v) is 9.13. The number of rotatable bonds is 6. The Morgan fingerprint density at radius 3 is 2.13 bits per heavy atom. The van der Waals surface area contributed by atoms with Gasteiger partial charge in [0.05, 0.1) is 4.92 Å². The van der Waals surface area contributed by atoms with Gasteiger partial charge in [-0.3, -0.25) is 14.9 Å². The van der Waals surface area contributed by atoms with Gasteiger partial charge in [-0.05, 0) is 39.1 Å². The van der Waals surface area contributed by atoms with Crippen molar-refractivity contribution < 1.29 is 32.8 Å². The van der Waals surface area contributed by atoms with Crippen molar-refractivity contribution in [1.82, 2.24) is 10.2 Å². The topological polar surface area (TPSA) is 116 Å². The van der Waals surface area contributed by atoms with Crippen molar-refractivity contribution in [2.45, 2.75) is 19.0 Å². The number of hydrogen-bond donors (Lipinski definition) is 2. The van der Waals surface area contributed by atoms with E-state index in [1.807, 2.05) is 19.0 Å². The van der Waals surface area contributed by atoms with Crippen molar-refractivity contribution >= 4 is 23.3 Å². The molecule has 1 amide bonds. The van der Waals surface area contributed by atoms with Crippen molar-refractivity contribution in [3.05, 3.63) is 34.4 Å². The monoisotopic (exact) mass is 434 g/mol. The van der Waals surface area contributed by atoms with E-state index in [-0.39, 0.29) is 17.5 Å². The summed E-state index contributed by atoms with van der Waals surface area (Å²) in [5.74, 6) is -2.56. The lowest BCUT2D eigenvalue weighted by atomic mass is 9.95. The maximum atomic E-state index is 12.1. The average Bonchev–Trinajstić information content (AvgIpc) is 2.67. The molecule has 168 valence electrons. The fraction of sp³-hybridized carbons (Fsp3) is 0.556. The van der Waals surface area contributed by atoms with E-state index in [2.05, 4.69) is 10.2 Å². The van der Waals surface area contributed by atoms with Gasteiger partial charge >= 0.3 is 12.1 Å². The zero-order valence-electron chi connectivity index (χ0n) is 16.7. The van der Waals surface area contributed by atoms with Crippen LogP contribution in [-0.4, -0.2) is 73.3 Å². The standard InChI is InChI=1S/C16H24N4O3.C2HF3O2/c1-18(2)12-9-17-16(21)13-7-10-19(11-8-13)14-3-5-15(6-4-14)20(22)23;3-2(4,5)1(6)7/h3-6,13H,7-12H2,1-2H3,(H,17,21);(H,6,7). The summed E-state index contributed by atoms with van der Waals surface area (Å²) in [5, 5.41) is 20.8. The van der Waals surface area contributed by atoms with Crippen LogP contribution in [0.25, 0.3) is 0 Å². The first-order valence-electron chi connectivity index (χ1n) is 9.13. The molecule has 2 rings (SSSR count). The van der Waals surface area contributed by atoms with Crippen molar-refractivity contribution in [3.63, 3.8) is 0 Å². The van der Waals surface area contributed by atoms with Crippen molar-refractivity contribution in [1.29, 1.82) is 0 Å². The summed E-state index contributed by atoms with van der Waals surface area (Å²) in [4.78, 5) is 35.5. The molecule has 1 aliphatic heterocycles. The van der Waals surface area contributed by atoms with Crippen LogP contribution in [0.5, 0.6) is 0 Å². The fourth-order valence-electron chi connectivity index (χ4n) is 2.73. The molecule has 30 heavy (non-hydrogen) atoms. The van der Waals surface area contributed by atoms with E-state index in [1.54, 1.807) is 12.1 Å². The molecule has 0 atom stereocenters. The molecule has 1 saturated heterocycles. The number of non-ortho nitro benzene ring substituents is 1. The van der Waals surface area contributed by atoms with E-state index in [9.17, 15) is 28.1 Å². The van der Waals surface area contributed by atoms with E-state index < -0.39 is 17.1 Å². The molecule has 0 aliphatic carbocycles. The molecule has 1 fully saturated rings. The molecule has 0 spiro atoms. The van der Waals surface area contributed by atoms with Crippen LogP contribution in [0.2, 0.25) is 0 Å². The molecule has 0 radical (unpaired) electrons. The van der Waals surface area contributed by atoms with Gasteiger partial charge in [-0.2, -0.15) is 13.2 Å². The number of nitrogens with one attached hydrogen (secondary N) is 1. The van der Waals surface area contributed by atoms with Crippen LogP contribution in [0.3, 0.4) is 0 Å². The SMILES string of the molecule is CN(C)CCNC(=O)C1CCN(c2ccc([N+](=O)[O-])cc2)CC1.O=C(O)C(F)(F)F. The zero-order chi connectivity index (χ0) is 22.9. The molecule has 1 aromatic rings. The van der Waals surface area contributed by atoms with Gasteiger partial charge < -0.3 is 20.2 Å². The lowest BCUT2D eigenvalue weighted by molar-refractivity contribution is -0.384. The largest absolute Gasteiger partial charge is 0.490 e. The number of nitrogens with zero attached hydrogens (tertiary/aromatic N) is 3. The molecule has 2 N–H and O–H groups in total. The minimum atomic E-state index is -5.08. The number of carbonyl (C=O) groups excluding carboxylic acids is 1. The average molecular weight is 434 g/mol. The van der Waals surface area contributed by atoms with E-state index >= 15 is 0 Å². The third kappa shape index (κ3) is 8.64. The number of anilines is 1. The Kier molecular flexibility index (Phi) is 9.50. The zero-order valence-corrected chi connectivity index (χ0v) is 16.7. The number of piperidine rings is 1. The Balaban J connectivity index is 0.000000553. The molecule has 0 bridgehead atoms. The summed E-state index contributed by atoms with van der Waals surface area (Å²) in [6.45, 7) is 3.11. The predicted molar refractivity (Wildman–Crippen MR) is 103 cm³/mol. The number of carbonyl (C=O) groups is 2.